The molecule has 110 valence electrons. The molecule has 0 radical (unpaired) electrons. The average Bonchev–Trinajstić information content (AvgIpc) is 2.82. The van der Waals surface area contributed by atoms with Crippen molar-refractivity contribution in [2.75, 3.05) is 11.9 Å². The maximum Gasteiger partial charge on any atom is 0.253 e. The predicted octanol–water partition coefficient (Wildman–Crippen LogP) is 3.61. The number of hydrogen-bond donors (Lipinski definition) is 1. The molecule has 2 atom stereocenters. The molecule has 1 amide bonds. The molecule has 20 heavy (non-hydrogen) atoms. The van der Waals surface area contributed by atoms with Crippen LogP contribution in [0.5, 0.6) is 0 Å². The summed E-state index contributed by atoms with van der Waals surface area (Å²) in [5.74, 6) is 0.783. The molecule has 0 unspecified atom stereocenters. The van der Waals surface area contributed by atoms with Crippen LogP contribution in [0.2, 0.25) is 0 Å². The number of carbonyl (C=O) groups is 1. The van der Waals surface area contributed by atoms with Crippen LogP contribution in [0.25, 0.3) is 0 Å². The fourth-order valence-electron chi connectivity index (χ4n) is 3.13. The largest absolute Gasteiger partial charge is 0.368 e. The minimum Gasteiger partial charge on any atom is -0.368 e. The second-order valence-corrected chi connectivity index (χ2v) is 6.25. The molecule has 0 saturated carbocycles. The molecule has 0 bridgehead atoms. The number of carbonyl (C=O) groups excluding carboxylic acids is 1. The van der Waals surface area contributed by atoms with Crippen LogP contribution in [0, 0.1) is 32.6 Å². The summed E-state index contributed by atoms with van der Waals surface area (Å²) in [6.07, 6.45) is 0.664. The third-order valence-corrected chi connectivity index (χ3v) is 4.18. The van der Waals surface area contributed by atoms with Crippen LogP contribution in [-0.2, 0) is 9.53 Å². The lowest BCUT2D eigenvalue weighted by molar-refractivity contribution is -0.127. The zero-order valence-electron chi connectivity index (χ0n) is 13.1. The lowest BCUT2D eigenvalue weighted by Crippen LogP contribution is -2.35. The fourth-order valence-corrected chi connectivity index (χ4v) is 3.13. The van der Waals surface area contributed by atoms with Gasteiger partial charge < -0.3 is 10.1 Å². The van der Waals surface area contributed by atoms with E-state index in [4.69, 9.17) is 4.74 Å². The van der Waals surface area contributed by atoms with Gasteiger partial charge in [-0.15, -0.1) is 0 Å². The predicted molar refractivity (Wildman–Crippen MR) is 82.0 cm³/mol. The molecule has 1 aromatic rings. The van der Waals surface area contributed by atoms with Crippen molar-refractivity contribution in [3.63, 3.8) is 0 Å². The Morgan fingerprint density at radius 2 is 1.85 bits per heavy atom. The van der Waals surface area contributed by atoms with Gasteiger partial charge in [-0.1, -0.05) is 31.5 Å². The third kappa shape index (κ3) is 3.04. The van der Waals surface area contributed by atoms with Crippen molar-refractivity contribution in [1.82, 2.24) is 0 Å². The number of rotatable bonds is 3. The molecule has 1 N–H and O–H groups in total. The molecule has 1 aromatic carbocycles. The molecule has 1 heterocycles. The van der Waals surface area contributed by atoms with E-state index in [-0.39, 0.29) is 12.0 Å². The first-order valence-corrected chi connectivity index (χ1v) is 7.40. The van der Waals surface area contributed by atoms with Crippen LogP contribution in [-0.4, -0.2) is 18.6 Å². The minimum absolute atomic E-state index is 0.00347. The van der Waals surface area contributed by atoms with E-state index in [0.29, 0.717) is 18.4 Å². The molecule has 0 spiro atoms. The topological polar surface area (TPSA) is 38.3 Å². The van der Waals surface area contributed by atoms with E-state index in [2.05, 4.69) is 38.2 Å². The Morgan fingerprint density at radius 3 is 2.40 bits per heavy atom. The van der Waals surface area contributed by atoms with Crippen molar-refractivity contribution in [3.8, 4) is 0 Å². The molecular formula is C17H25NO2. The Morgan fingerprint density at radius 1 is 1.25 bits per heavy atom. The van der Waals surface area contributed by atoms with Gasteiger partial charge in [0, 0.05) is 12.3 Å². The van der Waals surface area contributed by atoms with Gasteiger partial charge in [0.1, 0.15) is 6.10 Å². The fraction of sp³-hybridized carbons (Fsp3) is 0.588. The number of aryl methyl sites for hydroxylation is 3. The van der Waals surface area contributed by atoms with E-state index in [0.717, 1.165) is 23.2 Å². The Labute approximate surface area is 121 Å². The average molecular weight is 275 g/mol. The lowest BCUT2D eigenvalue weighted by Gasteiger charge is -2.22. The molecule has 0 aliphatic carbocycles. The van der Waals surface area contributed by atoms with Crippen LogP contribution >= 0.6 is 0 Å². The molecule has 3 nitrogen and oxygen atoms in total. The summed E-state index contributed by atoms with van der Waals surface area (Å²) >= 11 is 0. The molecule has 1 aliphatic rings. The molecular weight excluding hydrogens is 250 g/mol. The molecule has 1 aliphatic heterocycles. The van der Waals surface area contributed by atoms with Gasteiger partial charge in [0.05, 0.1) is 0 Å². The molecule has 0 aromatic heterocycles. The zero-order valence-corrected chi connectivity index (χ0v) is 13.1. The SMILES string of the molecule is Cc1cc(C)c(NC(=O)[C@@H]2OCC[C@@H]2C(C)C)c(C)c1. The highest BCUT2D eigenvalue weighted by molar-refractivity contribution is 5.96. The Kier molecular flexibility index (Phi) is 4.48. The first kappa shape index (κ1) is 15.0. The summed E-state index contributed by atoms with van der Waals surface area (Å²) in [7, 11) is 0. The molecule has 2 rings (SSSR count). The quantitative estimate of drug-likeness (QED) is 0.915. The molecule has 1 fully saturated rings. The van der Waals surface area contributed by atoms with Crippen molar-refractivity contribution in [2.24, 2.45) is 11.8 Å². The smallest absolute Gasteiger partial charge is 0.253 e. The van der Waals surface area contributed by atoms with Crippen LogP contribution in [0.1, 0.15) is 37.0 Å². The number of ether oxygens (including phenoxy) is 1. The van der Waals surface area contributed by atoms with Crippen molar-refractivity contribution in [2.45, 2.75) is 47.1 Å². The summed E-state index contributed by atoms with van der Waals surface area (Å²) in [4.78, 5) is 12.5. The Bertz CT molecular complexity index is 485. The standard InChI is InChI=1S/C17H25NO2/c1-10(2)14-6-7-20-16(14)17(19)18-15-12(4)8-11(3)9-13(15)5/h8-10,14,16H,6-7H2,1-5H3,(H,18,19)/t14-,16-/m1/s1. The van der Waals surface area contributed by atoms with Gasteiger partial charge in [0.2, 0.25) is 0 Å². The minimum atomic E-state index is -0.310. The van der Waals surface area contributed by atoms with E-state index in [1.54, 1.807) is 0 Å². The number of nitrogens with one attached hydrogen (secondary N) is 1. The third-order valence-electron chi connectivity index (χ3n) is 4.18. The second kappa shape index (κ2) is 5.96. The lowest BCUT2D eigenvalue weighted by atomic mass is 9.89. The summed E-state index contributed by atoms with van der Waals surface area (Å²) in [5, 5.41) is 3.07. The van der Waals surface area contributed by atoms with Crippen LogP contribution in [0.3, 0.4) is 0 Å². The van der Waals surface area contributed by atoms with Gasteiger partial charge in [-0.25, -0.2) is 0 Å². The summed E-state index contributed by atoms with van der Waals surface area (Å²) in [5.41, 5.74) is 4.36. The normalized spacial score (nSPS) is 22.3. The highest BCUT2D eigenvalue weighted by Crippen LogP contribution is 2.30. The maximum atomic E-state index is 12.5. The van der Waals surface area contributed by atoms with Gasteiger partial charge in [-0.05, 0) is 50.2 Å². The number of hydrogen-bond acceptors (Lipinski definition) is 2. The zero-order chi connectivity index (χ0) is 14.9. The van der Waals surface area contributed by atoms with Crippen molar-refractivity contribution >= 4 is 11.6 Å². The second-order valence-electron chi connectivity index (χ2n) is 6.25. The highest BCUT2D eigenvalue weighted by Gasteiger charge is 2.36. The van der Waals surface area contributed by atoms with Gasteiger partial charge in [0.15, 0.2) is 0 Å². The van der Waals surface area contributed by atoms with Crippen molar-refractivity contribution in [1.29, 1.82) is 0 Å². The van der Waals surface area contributed by atoms with E-state index < -0.39 is 0 Å². The highest BCUT2D eigenvalue weighted by atomic mass is 16.5. The molecule has 1 saturated heterocycles. The van der Waals surface area contributed by atoms with Gasteiger partial charge in [-0.3, -0.25) is 4.79 Å². The number of amides is 1. The van der Waals surface area contributed by atoms with Gasteiger partial charge in [-0.2, -0.15) is 0 Å². The van der Waals surface area contributed by atoms with Gasteiger partial charge >= 0.3 is 0 Å². The van der Waals surface area contributed by atoms with Crippen LogP contribution < -0.4 is 5.32 Å². The van der Waals surface area contributed by atoms with Gasteiger partial charge in [0.25, 0.3) is 5.91 Å². The Balaban J connectivity index is 2.16. The number of benzene rings is 1. The molecule has 3 heteroatoms. The van der Waals surface area contributed by atoms with Crippen LogP contribution in [0.15, 0.2) is 12.1 Å². The first-order valence-electron chi connectivity index (χ1n) is 7.40. The summed E-state index contributed by atoms with van der Waals surface area (Å²) in [6, 6.07) is 4.19. The first-order chi connectivity index (χ1) is 9.40. The monoisotopic (exact) mass is 275 g/mol. The van der Waals surface area contributed by atoms with Crippen molar-refractivity contribution < 1.29 is 9.53 Å². The van der Waals surface area contributed by atoms with Crippen molar-refractivity contribution in [3.05, 3.63) is 28.8 Å². The summed E-state index contributed by atoms with van der Waals surface area (Å²) < 4.78 is 5.65. The van der Waals surface area contributed by atoms with E-state index in [1.165, 1.54) is 5.56 Å². The van der Waals surface area contributed by atoms with E-state index in [1.807, 2.05) is 13.8 Å². The number of anilines is 1. The Hall–Kier alpha value is -1.35. The van der Waals surface area contributed by atoms with E-state index >= 15 is 0 Å². The summed E-state index contributed by atoms with van der Waals surface area (Å²) in [6.45, 7) is 11.1. The maximum absolute atomic E-state index is 12.5. The van der Waals surface area contributed by atoms with Crippen LogP contribution in [0.4, 0.5) is 5.69 Å². The van der Waals surface area contributed by atoms with E-state index in [9.17, 15) is 4.79 Å².